The van der Waals surface area contributed by atoms with Gasteiger partial charge in [-0.2, -0.15) is 0 Å². The average Bonchev–Trinajstić information content (AvgIpc) is 2.19. The van der Waals surface area contributed by atoms with Gasteiger partial charge >= 0.3 is 0 Å². The lowest BCUT2D eigenvalue weighted by molar-refractivity contribution is 0.466. The van der Waals surface area contributed by atoms with E-state index in [0.29, 0.717) is 11.1 Å². The third kappa shape index (κ3) is 1.93. The molecule has 1 unspecified atom stereocenters. The first-order chi connectivity index (χ1) is 6.61. The molecule has 1 N–H and O–H groups in total. The Balaban J connectivity index is 3.16. The van der Waals surface area contributed by atoms with Crippen LogP contribution in [0, 0.1) is 18.6 Å². The zero-order valence-corrected chi connectivity index (χ0v) is 8.70. The van der Waals surface area contributed by atoms with E-state index in [1.165, 1.54) is 0 Å². The van der Waals surface area contributed by atoms with Gasteiger partial charge in [-0.05, 0) is 26.0 Å². The van der Waals surface area contributed by atoms with Crippen LogP contribution in [0.3, 0.4) is 0 Å². The van der Waals surface area contributed by atoms with Gasteiger partial charge in [0.2, 0.25) is 0 Å². The summed E-state index contributed by atoms with van der Waals surface area (Å²) >= 11 is 0. The van der Waals surface area contributed by atoms with Crippen LogP contribution in [0.2, 0.25) is 0 Å². The minimum Gasteiger partial charge on any atom is -0.313 e. The Morgan fingerprint density at radius 3 is 2.43 bits per heavy atom. The van der Waals surface area contributed by atoms with Gasteiger partial charge < -0.3 is 5.32 Å². The molecule has 14 heavy (non-hydrogen) atoms. The van der Waals surface area contributed by atoms with Crippen LogP contribution in [0.4, 0.5) is 8.78 Å². The number of rotatable bonds is 3. The molecule has 0 spiro atoms. The molecule has 0 fully saturated rings. The molecule has 0 saturated carbocycles. The zero-order chi connectivity index (χ0) is 10.7. The molecule has 1 aromatic rings. The van der Waals surface area contributed by atoms with Crippen molar-refractivity contribution in [3.8, 4) is 0 Å². The normalized spacial score (nSPS) is 12.9. The van der Waals surface area contributed by atoms with Crippen molar-refractivity contribution in [1.29, 1.82) is 0 Å². The van der Waals surface area contributed by atoms with E-state index in [0.717, 1.165) is 6.42 Å². The molecule has 0 aliphatic carbocycles. The summed E-state index contributed by atoms with van der Waals surface area (Å²) in [5.74, 6) is -1.47. The average molecular weight is 199 g/mol. The molecule has 0 heterocycles. The quantitative estimate of drug-likeness (QED) is 0.789. The van der Waals surface area contributed by atoms with Crippen LogP contribution in [0.1, 0.15) is 30.5 Å². The number of hydrogen-bond donors (Lipinski definition) is 1. The van der Waals surface area contributed by atoms with Crippen LogP contribution in [0.15, 0.2) is 12.1 Å². The van der Waals surface area contributed by atoms with Crippen molar-refractivity contribution in [2.24, 2.45) is 0 Å². The van der Waals surface area contributed by atoms with Crippen LogP contribution in [-0.2, 0) is 0 Å². The highest BCUT2D eigenvalue weighted by molar-refractivity contribution is 5.27. The summed E-state index contributed by atoms with van der Waals surface area (Å²) in [4.78, 5) is 0. The van der Waals surface area contributed by atoms with Crippen LogP contribution < -0.4 is 5.32 Å². The lowest BCUT2D eigenvalue weighted by Gasteiger charge is -2.15. The monoisotopic (exact) mass is 199 g/mol. The molecule has 1 aromatic carbocycles. The van der Waals surface area contributed by atoms with E-state index in [9.17, 15) is 8.78 Å². The molecule has 0 aromatic heterocycles. The van der Waals surface area contributed by atoms with Gasteiger partial charge in [-0.1, -0.05) is 19.1 Å². The topological polar surface area (TPSA) is 12.0 Å². The van der Waals surface area contributed by atoms with E-state index in [1.807, 2.05) is 6.92 Å². The number of hydrogen-bond acceptors (Lipinski definition) is 1. The maximum atomic E-state index is 13.5. The first kappa shape index (κ1) is 11.1. The Labute approximate surface area is 83.1 Å². The molecular formula is C11H15F2N. The molecule has 78 valence electrons. The van der Waals surface area contributed by atoms with Crippen molar-refractivity contribution >= 4 is 0 Å². The summed E-state index contributed by atoms with van der Waals surface area (Å²) in [6.07, 6.45) is 0.732. The van der Waals surface area contributed by atoms with E-state index in [4.69, 9.17) is 0 Å². The van der Waals surface area contributed by atoms with Gasteiger partial charge in [0.15, 0.2) is 11.6 Å². The third-order valence-corrected chi connectivity index (χ3v) is 2.44. The highest BCUT2D eigenvalue weighted by Gasteiger charge is 2.16. The highest BCUT2D eigenvalue weighted by atomic mass is 19.2. The van der Waals surface area contributed by atoms with Crippen LogP contribution in [0.5, 0.6) is 0 Å². The molecule has 3 heteroatoms. The van der Waals surface area contributed by atoms with Crippen molar-refractivity contribution in [3.05, 3.63) is 34.9 Å². The maximum absolute atomic E-state index is 13.5. The minimum atomic E-state index is -0.740. The van der Waals surface area contributed by atoms with Gasteiger partial charge in [0.05, 0.1) is 0 Å². The van der Waals surface area contributed by atoms with E-state index >= 15 is 0 Å². The van der Waals surface area contributed by atoms with Gasteiger partial charge in [0.1, 0.15) is 0 Å². The Morgan fingerprint density at radius 1 is 1.29 bits per heavy atom. The van der Waals surface area contributed by atoms with Gasteiger partial charge in [-0.3, -0.25) is 0 Å². The largest absolute Gasteiger partial charge is 0.313 e. The van der Waals surface area contributed by atoms with Gasteiger partial charge in [0, 0.05) is 11.6 Å². The molecule has 0 aliphatic heterocycles. The summed E-state index contributed by atoms with van der Waals surface area (Å²) in [5.41, 5.74) is 0.746. The fraction of sp³-hybridized carbons (Fsp3) is 0.455. The SMILES string of the molecule is CCC(NC)c1ccc(C)c(F)c1F. The highest BCUT2D eigenvalue weighted by Crippen LogP contribution is 2.23. The Kier molecular flexibility index (Phi) is 3.58. The van der Waals surface area contributed by atoms with Crippen molar-refractivity contribution < 1.29 is 8.78 Å². The summed E-state index contributed by atoms with van der Waals surface area (Å²) in [6, 6.07) is 3.12. The van der Waals surface area contributed by atoms with Crippen molar-refractivity contribution in [2.45, 2.75) is 26.3 Å². The molecule has 0 amide bonds. The molecule has 0 bridgehead atoms. The lowest BCUT2D eigenvalue weighted by atomic mass is 10.0. The lowest BCUT2D eigenvalue weighted by Crippen LogP contribution is -2.17. The number of benzene rings is 1. The van der Waals surface area contributed by atoms with Crippen molar-refractivity contribution in [1.82, 2.24) is 5.32 Å². The first-order valence-corrected chi connectivity index (χ1v) is 4.73. The summed E-state index contributed by atoms with van der Waals surface area (Å²) < 4.78 is 26.7. The second-order valence-electron chi connectivity index (χ2n) is 3.35. The first-order valence-electron chi connectivity index (χ1n) is 4.73. The Hall–Kier alpha value is -0.960. The van der Waals surface area contributed by atoms with Gasteiger partial charge in [-0.15, -0.1) is 0 Å². The van der Waals surface area contributed by atoms with Crippen LogP contribution in [0.25, 0.3) is 0 Å². The van der Waals surface area contributed by atoms with Crippen molar-refractivity contribution in [2.75, 3.05) is 7.05 Å². The van der Waals surface area contributed by atoms with E-state index in [2.05, 4.69) is 5.32 Å². The minimum absolute atomic E-state index is 0.120. The predicted molar refractivity (Wildman–Crippen MR) is 53.2 cm³/mol. The zero-order valence-electron chi connectivity index (χ0n) is 8.70. The maximum Gasteiger partial charge on any atom is 0.163 e. The molecule has 0 aliphatic rings. The van der Waals surface area contributed by atoms with Crippen LogP contribution >= 0.6 is 0 Å². The fourth-order valence-corrected chi connectivity index (χ4v) is 1.51. The number of halogens is 2. The second-order valence-corrected chi connectivity index (χ2v) is 3.35. The second kappa shape index (κ2) is 4.51. The number of aryl methyl sites for hydroxylation is 1. The molecular weight excluding hydrogens is 184 g/mol. The summed E-state index contributed by atoms with van der Waals surface area (Å²) in [7, 11) is 1.74. The van der Waals surface area contributed by atoms with Gasteiger partial charge in [0.25, 0.3) is 0 Å². The fourth-order valence-electron chi connectivity index (χ4n) is 1.51. The standard InChI is InChI=1S/C11H15F2N/c1-4-9(14-3)8-6-5-7(2)10(12)11(8)13/h5-6,9,14H,4H2,1-3H3. The smallest absolute Gasteiger partial charge is 0.163 e. The predicted octanol–water partition coefficient (Wildman–Crippen LogP) is 2.94. The van der Waals surface area contributed by atoms with Crippen molar-refractivity contribution in [3.63, 3.8) is 0 Å². The van der Waals surface area contributed by atoms with E-state index < -0.39 is 11.6 Å². The van der Waals surface area contributed by atoms with E-state index in [1.54, 1.807) is 26.1 Å². The van der Waals surface area contributed by atoms with E-state index in [-0.39, 0.29) is 6.04 Å². The summed E-state index contributed by atoms with van der Waals surface area (Å²) in [6.45, 7) is 3.49. The molecule has 0 saturated heterocycles. The summed E-state index contributed by atoms with van der Waals surface area (Å²) in [5, 5.41) is 2.95. The van der Waals surface area contributed by atoms with Crippen LogP contribution in [-0.4, -0.2) is 7.05 Å². The molecule has 1 atom stereocenters. The number of nitrogens with one attached hydrogen (secondary N) is 1. The van der Waals surface area contributed by atoms with Gasteiger partial charge in [-0.25, -0.2) is 8.78 Å². The molecule has 1 rings (SSSR count). The Morgan fingerprint density at radius 2 is 1.93 bits per heavy atom. The Bertz CT molecular complexity index is 319. The molecule has 0 radical (unpaired) electrons. The third-order valence-electron chi connectivity index (χ3n) is 2.44. The molecule has 1 nitrogen and oxygen atoms in total.